The smallest absolute Gasteiger partial charge is 0.222 e. The number of carbonyl (C=O) groups excluding carboxylic acids is 1. The molecule has 0 saturated heterocycles. The maximum absolute atomic E-state index is 12.1. The minimum absolute atomic E-state index is 0.133. The first-order chi connectivity index (χ1) is 9.58. The topological polar surface area (TPSA) is 46.3 Å². The summed E-state index contributed by atoms with van der Waals surface area (Å²) < 4.78 is 5.11. The molecule has 1 aromatic heterocycles. The third-order valence-corrected chi connectivity index (χ3v) is 3.46. The van der Waals surface area contributed by atoms with Gasteiger partial charge in [0.2, 0.25) is 5.91 Å². The van der Waals surface area contributed by atoms with Gasteiger partial charge in [0.1, 0.15) is 5.76 Å². The van der Waals surface area contributed by atoms with E-state index in [1.807, 2.05) is 51.2 Å². The van der Waals surface area contributed by atoms with Gasteiger partial charge in [0.15, 0.2) is 0 Å². The van der Waals surface area contributed by atoms with Crippen LogP contribution in [-0.4, -0.2) is 23.0 Å². The van der Waals surface area contributed by atoms with Crippen LogP contribution in [0.15, 0.2) is 34.9 Å². The molecule has 0 N–H and O–H groups in total. The second-order valence-corrected chi connectivity index (χ2v) is 5.04. The van der Waals surface area contributed by atoms with Gasteiger partial charge >= 0.3 is 0 Å². The van der Waals surface area contributed by atoms with Gasteiger partial charge in [0.25, 0.3) is 0 Å². The molecule has 2 aromatic rings. The van der Waals surface area contributed by atoms with Crippen molar-refractivity contribution in [2.24, 2.45) is 0 Å². The summed E-state index contributed by atoms with van der Waals surface area (Å²) in [5.41, 5.74) is 3.06. The molecule has 0 aliphatic rings. The van der Waals surface area contributed by atoms with Crippen LogP contribution in [-0.2, 0) is 17.8 Å². The molecule has 0 radical (unpaired) electrons. The molecule has 1 amide bonds. The quantitative estimate of drug-likeness (QED) is 0.840. The molecule has 0 aliphatic heterocycles. The molecule has 1 heterocycles. The van der Waals surface area contributed by atoms with Gasteiger partial charge in [-0.3, -0.25) is 4.79 Å². The van der Waals surface area contributed by atoms with Crippen molar-refractivity contribution >= 4 is 5.91 Å². The van der Waals surface area contributed by atoms with Crippen molar-refractivity contribution in [3.05, 3.63) is 52.9 Å². The maximum Gasteiger partial charge on any atom is 0.222 e. The SMILES string of the molecule is Cc1noc(C)c1CCC(=O)N(C)Cc1ccccc1. The zero-order valence-electron chi connectivity index (χ0n) is 12.2. The predicted molar refractivity (Wildman–Crippen MR) is 77.2 cm³/mol. The van der Waals surface area contributed by atoms with Gasteiger partial charge in [-0.25, -0.2) is 0 Å². The molecule has 0 bridgehead atoms. The minimum Gasteiger partial charge on any atom is -0.361 e. The number of aromatic nitrogens is 1. The molecule has 106 valence electrons. The van der Waals surface area contributed by atoms with Crippen LogP contribution >= 0.6 is 0 Å². The van der Waals surface area contributed by atoms with E-state index in [-0.39, 0.29) is 5.91 Å². The van der Waals surface area contributed by atoms with Crippen LogP contribution in [0.1, 0.15) is 29.0 Å². The summed E-state index contributed by atoms with van der Waals surface area (Å²) in [5, 5.41) is 3.91. The lowest BCUT2D eigenvalue weighted by molar-refractivity contribution is -0.130. The molecule has 0 spiro atoms. The number of hydrogen-bond acceptors (Lipinski definition) is 3. The van der Waals surface area contributed by atoms with Crippen LogP contribution in [0.2, 0.25) is 0 Å². The molecule has 4 nitrogen and oxygen atoms in total. The normalized spacial score (nSPS) is 10.6. The van der Waals surface area contributed by atoms with Crippen LogP contribution in [0.25, 0.3) is 0 Å². The van der Waals surface area contributed by atoms with Crippen LogP contribution in [0.4, 0.5) is 0 Å². The zero-order valence-corrected chi connectivity index (χ0v) is 12.2. The summed E-state index contributed by atoms with van der Waals surface area (Å²) in [7, 11) is 1.84. The van der Waals surface area contributed by atoms with Gasteiger partial charge in [-0.05, 0) is 25.8 Å². The summed E-state index contributed by atoms with van der Waals surface area (Å²) in [6, 6.07) is 9.99. The summed E-state index contributed by atoms with van der Waals surface area (Å²) in [6.45, 7) is 4.43. The van der Waals surface area contributed by atoms with Gasteiger partial charge in [0, 0.05) is 25.6 Å². The van der Waals surface area contributed by atoms with Crippen LogP contribution < -0.4 is 0 Å². The van der Waals surface area contributed by atoms with E-state index in [0.717, 1.165) is 22.6 Å². The van der Waals surface area contributed by atoms with E-state index in [2.05, 4.69) is 5.16 Å². The molecular formula is C16H20N2O2. The maximum atomic E-state index is 12.1. The summed E-state index contributed by atoms with van der Waals surface area (Å²) in [6.07, 6.45) is 1.16. The van der Waals surface area contributed by atoms with Crippen LogP contribution in [0.3, 0.4) is 0 Å². The minimum atomic E-state index is 0.133. The molecule has 0 fully saturated rings. The summed E-state index contributed by atoms with van der Waals surface area (Å²) in [5.74, 6) is 0.940. The van der Waals surface area contributed by atoms with E-state index in [0.29, 0.717) is 19.4 Å². The van der Waals surface area contributed by atoms with E-state index >= 15 is 0 Å². The average molecular weight is 272 g/mol. The molecule has 4 heteroatoms. The Balaban J connectivity index is 1.89. The Morgan fingerprint density at radius 3 is 2.55 bits per heavy atom. The summed E-state index contributed by atoms with van der Waals surface area (Å²) >= 11 is 0. The highest BCUT2D eigenvalue weighted by Crippen LogP contribution is 2.15. The lowest BCUT2D eigenvalue weighted by Crippen LogP contribution is -2.26. The Morgan fingerprint density at radius 2 is 1.95 bits per heavy atom. The number of amides is 1. The molecule has 1 aromatic carbocycles. The number of aryl methyl sites for hydroxylation is 2. The van der Waals surface area contributed by atoms with E-state index < -0.39 is 0 Å². The third-order valence-electron chi connectivity index (χ3n) is 3.46. The first kappa shape index (κ1) is 14.3. The van der Waals surface area contributed by atoms with Gasteiger partial charge in [-0.1, -0.05) is 35.5 Å². The van der Waals surface area contributed by atoms with Crippen molar-refractivity contribution in [3.63, 3.8) is 0 Å². The van der Waals surface area contributed by atoms with Gasteiger partial charge in [-0.15, -0.1) is 0 Å². The number of nitrogens with zero attached hydrogens (tertiary/aromatic N) is 2. The summed E-state index contributed by atoms with van der Waals surface area (Å²) in [4.78, 5) is 13.9. The van der Waals surface area contributed by atoms with E-state index in [1.54, 1.807) is 4.90 Å². The number of rotatable bonds is 5. The predicted octanol–water partition coefficient (Wildman–Crippen LogP) is 2.88. The first-order valence-corrected chi connectivity index (χ1v) is 6.77. The van der Waals surface area contributed by atoms with E-state index in [4.69, 9.17) is 4.52 Å². The average Bonchev–Trinajstić information content (AvgIpc) is 2.76. The lowest BCUT2D eigenvalue weighted by Gasteiger charge is -2.17. The highest BCUT2D eigenvalue weighted by Gasteiger charge is 2.13. The van der Waals surface area contributed by atoms with Crippen molar-refractivity contribution in [2.75, 3.05) is 7.05 Å². The Morgan fingerprint density at radius 1 is 1.25 bits per heavy atom. The van der Waals surface area contributed by atoms with Crippen molar-refractivity contribution in [2.45, 2.75) is 33.2 Å². The molecular weight excluding hydrogens is 252 g/mol. The zero-order chi connectivity index (χ0) is 14.5. The fourth-order valence-corrected chi connectivity index (χ4v) is 2.23. The van der Waals surface area contributed by atoms with E-state index in [9.17, 15) is 4.79 Å². The number of hydrogen-bond donors (Lipinski definition) is 0. The standard InChI is InChI=1S/C16H20N2O2/c1-12-15(13(2)20-17-12)9-10-16(19)18(3)11-14-7-5-4-6-8-14/h4-8H,9-11H2,1-3H3. The highest BCUT2D eigenvalue weighted by atomic mass is 16.5. The molecule has 0 saturated carbocycles. The molecule has 0 unspecified atom stereocenters. The second-order valence-electron chi connectivity index (χ2n) is 5.04. The van der Waals surface area contributed by atoms with Crippen molar-refractivity contribution in [1.82, 2.24) is 10.1 Å². The Hall–Kier alpha value is -2.10. The van der Waals surface area contributed by atoms with E-state index in [1.165, 1.54) is 0 Å². The largest absolute Gasteiger partial charge is 0.361 e. The monoisotopic (exact) mass is 272 g/mol. The van der Waals surface area contributed by atoms with Crippen molar-refractivity contribution in [3.8, 4) is 0 Å². The van der Waals surface area contributed by atoms with Gasteiger partial charge in [0.05, 0.1) is 5.69 Å². The van der Waals surface area contributed by atoms with Crippen molar-refractivity contribution < 1.29 is 9.32 Å². The number of benzene rings is 1. The molecule has 0 atom stereocenters. The fraction of sp³-hybridized carbons (Fsp3) is 0.375. The Bertz CT molecular complexity index is 556. The number of carbonyl (C=O) groups is 1. The Kier molecular flexibility index (Phi) is 4.56. The second kappa shape index (κ2) is 6.37. The highest BCUT2D eigenvalue weighted by molar-refractivity contribution is 5.76. The van der Waals surface area contributed by atoms with Gasteiger partial charge < -0.3 is 9.42 Å². The fourth-order valence-electron chi connectivity index (χ4n) is 2.23. The van der Waals surface area contributed by atoms with Crippen LogP contribution in [0.5, 0.6) is 0 Å². The molecule has 20 heavy (non-hydrogen) atoms. The molecule has 0 aliphatic carbocycles. The van der Waals surface area contributed by atoms with Crippen LogP contribution in [0, 0.1) is 13.8 Å². The van der Waals surface area contributed by atoms with Crippen molar-refractivity contribution in [1.29, 1.82) is 0 Å². The molecule has 2 rings (SSSR count). The lowest BCUT2D eigenvalue weighted by atomic mass is 10.1. The third kappa shape index (κ3) is 3.47. The first-order valence-electron chi connectivity index (χ1n) is 6.77. The van der Waals surface area contributed by atoms with Gasteiger partial charge in [-0.2, -0.15) is 0 Å². The Labute approximate surface area is 119 Å².